The summed E-state index contributed by atoms with van der Waals surface area (Å²) in [6, 6.07) is 0. The van der Waals surface area contributed by atoms with Crippen LogP contribution in [0.2, 0.25) is 25.1 Å². The second-order valence-electron chi connectivity index (χ2n) is 2.45. The number of carbonyl (C=O) groups is 1. The molecule has 1 rings (SSSR count). The standard InChI is InChI=1S/C6HCl5O.C2H3ClO2/c7-1-2(8)4(10)6(12)5(11)3(1)9;3-1-2(4)5/h12H;1H2,(H,4,5). The number of hydrogen-bond donors (Lipinski definition) is 2. The molecule has 0 radical (unpaired) electrons. The molecular formula is C8H4Cl6O3. The number of halogens is 6. The van der Waals surface area contributed by atoms with Crippen LogP contribution < -0.4 is 0 Å². The number of rotatable bonds is 1. The molecule has 3 nitrogen and oxygen atoms in total. The van der Waals surface area contributed by atoms with Crippen molar-refractivity contribution in [2.24, 2.45) is 0 Å². The quantitative estimate of drug-likeness (QED) is 0.422. The number of hydrogen-bond acceptors (Lipinski definition) is 2. The van der Waals surface area contributed by atoms with Gasteiger partial charge in [0, 0.05) is 0 Å². The summed E-state index contributed by atoms with van der Waals surface area (Å²) in [4.78, 5) is 9.24. The van der Waals surface area contributed by atoms with E-state index in [4.69, 9.17) is 74.7 Å². The Morgan fingerprint density at radius 3 is 1.35 bits per heavy atom. The fourth-order valence-electron chi connectivity index (χ4n) is 0.593. The molecule has 0 saturated carbocycles. The van der Waals surface area contributed by atoms with E-state index in [1.807, 2.05) is 0 Å². The number of aliphatic carboxylic acids is 1. The molecule has 96 valence electrons. The third-order valence-corrected chi connectivity index (χ3v) is 3.79. The van der Waals surface area contributed by atoms with Gasteiger partial charge >= 0.3 is 5.97 Å². The monoisotopic (exact) mass is 358 g/mol. The first kappa shape index (κ1) is 17.2. The molecule has 0 amide bonds. The summed E-state index contributed by atoms with van der Waals surface area (Å²) in [5.74, 6) is -1.65. The molecule has 0 unspecified atom stereocenters. The number of benzene rings is 1. The second-order valence-corrected chi connectivity index (χ2v) is 4.60. The molecule has 9 heteroatoms. The predicted molar refractivity (Wildman–Crippen MR) is 71.5 cm³/mol. The predicted octanol–water partition coefficient (Wildman–Crippen LogP) is 4.97. The van der Waals surface area contributed by atoms with Crippen molar-refractivity contribution in [2.75, 3.05) is 5.88 Å². The Bertz CT molecular complexity index is 329. The average Bonchev–Trinajstić information content (AvgIpc) is 2.32. The Hall–Kier alpha value is 0.230. The van der Waals surface area contributed by atoms with E-state index in [9.17, 15) is 9.90 Å². The van der Waals surface area contributed by atoms with Gasteiger partial charge in [0.15, 0.2) is 5.75 Å². The van der Waals surface area contributed by atoms with E-state index in [0.717, 1.165) is 0 Å². The van der Waals surface area contributed by atoms with E-state index in [1.54, 1.807) is 0 Å². The molecule has 0 bridgehead atoms. The number of carboxylic acids is 1. The van der Waals surface area contributed by atoms with Gasteiger partial charge in [0.25, 0.3) is 0 Å². The van der Waals surface area contributed by atoms with Crippen LogP contribution >= 0.6 is 69.6 Å². The second kappa shape index (κ2) is 7.62. The maximum Gasteiger partial charge on any atom is 0.318 e. The van der Waals surface area contributed by atoms with E-state index in [1.165, 1.54) is 0 Å². The van der Waals surface area contributed by atoms with Crippen molar-refractivity contribution in [3.8, 4) is 5.75 Å². The molecule has 1 aromatic carbocycles. The van der Waals surface area contributed by atoms with Crippen molar-refractivity contribution in [1.29, 1.82) is 0 Å². The summed E-state index contributed by atoms with van der Waals surface area (Å²) in [6.45, 7) is 0. The largest absolute Gasteiger partial charge is 0.505 e. The SMILES string of the molecule is O=C(O)CCl.Oc1c(Cl)c(Cl)c(Cl)c(Cl)c1Cl. The van der Waals surface area contributed by atoms with Crippen molar-refractivity contribution in [2.45, 2.75) is 0 Å². The van der Waals surface area contributed by atoms with E-state index >= 15 is 0 Å². The molecule has 0 aromatic heterocycles. The minimum absolute atomic E-state index is 0.00904. The van der Waals surface area contributed by atoms with Crippen LogP contribution in [0.15, 0.2) is 0 Å². The van der Waals surface area contributed by atoms with Crippen LogP contribution in [0.5, 0.6) is 5.75 Å². The number of alkyl halides is 1. The summed E-state index contributed by atoms with van der Waals surface area (Å²) in [6.07, 6.45) is 0. The van der Waals surface area contributed by atoms with Gasteiger partial charge in [-0.1, -0.05) is 58.0 Å². The van der Waals surface area contributed by atoms with Gasteiger partial charge in [-0.05, 0) is 0 Å². The number of aromatic hydroxyl groups is 1. The summed E-state index contributed by atoms with van der Waals surface area (Å²) in [7, 11) is 0. The van der Waals surface area contributed by atoms with Gasteiger partial charge in [-0.2, -0.15) is 0 Å². The van der Waals surface area contributed by atoms with Crippen molar-refractivity contribution in [3.05, 3.63) is 25.1 Å². The first-order valence-electron chi connectivity index (χ1n) is 3.72. The molecule has 0 aliphatic rings. The van der Waals surface area contributed by atoms with Crippen molar-refractivity contribution in [1.82, 2.24) is 0 Å². The van der Waals surface area contributed by atoms with Gasteiger partial charge < -0.3 is 10.2 Å². The smallest absolute Gasteiger partial charge is 0.318 e. The van der Waals surface area contributed by atoms with Crippen LogP contribution in [0.1, 0.15) is 0 Å². The number of carboxylic acid groups (broad SMARTS) is 1. The van der Waals surface area contributed by atoms with Crippen LogP contribution in [-0.2, 0) is 4.79 Å². The maximum atomic E-state index is 9.24. The summed E-state index contributed by atoms with van der Waals surface area (Å²) >= 11 is 32.6. The molecule has 2 N–H and O–H groups in total. The molecule has 0 atom stereocenters. The lowest BCUT2D eigenvalue weighted by atomic mass is 10.3. The van der Waals surface area contributed by atoms with Gasteiger partial charge in [-0.3, -0.25) is 4.79 Å². The minimum Gasteiger partial charge on any atom is -0.505 e. The molecule has 0 aliphatic heterocycles. The Balaban J connectivity index is 0.000000437. The summed E-state index contributed by atoms with van der Waals surface area (Å²) in [5, 5.41) is 16.6. The zero-order valence-electron chi connectivity index (χ0n) is 7.78. The van der Waals surface area contributed by atoms with E-state index < -0.39 is 5.97 Å². The summed E-state index contributed by atoms with van der Waals surface area (Å²) < 4.78 is 0. The Morgan fingerprint density at radius 2 is 1.12 bits per heavy atom. The first-order chi connectivity index (χ1) is 7.73. The highest BCUT2D eigenvalue weighted by Gasteiger charge is 2.18. The third-order valence-electron chi connectivity index (χ3n) is 1.30. The van der Waals surface area contributed by atoms with E-state index in [2.05, 4.69) is 0 Å². The maximum absolute atomic E-state index is 9.24. The third kappa shape index (κ3) is 4.78. The topological polar surface area (TPSA) is 57.5 Å². The van der Waals surface area contributed by atoms with E-state index in [-0.39, 0.29) is 36.7 Å². The molecule has 0 saturated heterocycles. The highest BCUT2D eigenvalue weighted by molar-refractivity contribution is 6.55. The minimum atomic E-state index is -0.980. The molecule has 0 fully saturated rings. The van der Waals surface area contributed by atoms with Gasteiger partial charge in [0.2, 0.25) is 0 Å². The van der Waals surface area contributed by atoms with Gasteiger partial charge in [0.05, 0.1) is 15.1 Å². The highest BCUT2D eigenvalue weighted by Crippen LogP contribution is 2.47. The van der Waals surface area contributed by atoms with Gasteiger partial charge in [-0.15, -0.1) is 11.6 Å². The zero-order chi connectivity index (χ0) is 13.7. The lowest BCUT2D eigenvalue weighted by molar-refractivity contribution is -0.134. The lowest BCUT2D eigenvalue weighted by Crippen LogP contribution is -1.92. The molecule has 0 aliphatic carbocycles. The first-order valence-corrected chi connectivity index (χ1v) is 6.14. The lowest BCUT2D eigenvalue weighted by Gasteiger charge is -2.06. The zero-order valence-corrected chi connectivity index (χ0v) is 12.3. The Labute approximate surface area is 127 Å². The number of phenolic OH excluding ortho intramolecular Hbond substituents is 1. The molecule has 0 spiro atoms. The van der Waals surface area contributed by atoms with Gasteiger partial charge in [0.1, 0.15) is 15.9 Å². The van der Waals surface area contributed by atoms with Crippen LogP contribution in [0.4, 0.5) is 0 Å². The molecule has 1 aromatic rings. The highest BCUT2D eigenvalue weighted by atomic mass is 35.5. The number of phenols is 1. The van der Waals surface area contributed by atoms with Gasteiger partial charge in [-0.25, -0.2) is 0 Å². The average molecular weight is 361 g/mol. The normalized spacial score (nSPS) is 9.53. The van der Waals surface area contributed by atoms with Crippen molar-refractivity contribution >= 4 is 75.6 Å². The fourth-order valence-corrected chi connectivity index (χ4v) is 1.72. The Kier molecular flexibility index (Phi) is 7.72. The Morgan fingerprint density at radius 1 is 0.882 bits per heavy atom. The van der Waals surface area contributed by atoms with E-state index in [0.29, 0.717) is 0 Å². The molecular weight excluding hydrogens is 357 g/mol. The van der Waals surface area contributed by atoms with Crippen molar-refractivity contribution in [3.63, 3.8) is 0 Å². The van der Waals surface area contributed by atoms with Crippen LogP contribution in [0.25, 0.3) is 0 Å². The van der Waals surface area contributed by atoms with Crippen LogP contribution in [-0.4, -0.2) is 22.1 Å². The van der Waals surface area contributed by atoms with Crippen molar-refractivity contribution < 1.29 is 15.0 Å². The van der Waals surface area contributed by atoms with Crippen LogP contribution in [0.3, 0.4) is 0 Å². The molecule has 0 heterocycles. The molecule has 17 heavy (non-hydrogen) atoms. The fraction of sp³-hybridized carbons (Fsp3) is 0.125. The van der Waals surface area contributed by atoms with Crippen LogP contribution in [0, 0.1) is 0 Å². The summed E-state index contributed by atoms with van der Waals surface area (Å²) in [5.41, 5.74) is 0.